The number of rotatable bonds is 3. The molecule has 0 aliphatic carbocycles. The molecule has 1 heterocycles. The molecule has 0 amide bonds. The van der Waals surface area contributed by atoms with Crippen LogP contribution >= 0.6 is 11.3 Å². The molecular formula is C13H15NOS. The number of thiophene rings is 1. The molecule has 0 radical (unpaired) electrons. The number of aryl methyl sites for hydroxylation is 1. The summed E-state index contributed by atoms with van der Waals surface area (Å²) < 4.78 is 5.39. The summed E-state index contributed by atoms with van der Waals surface area (Å²) in [6.07, 6.45) is 0. The first-order valence-electron chi connectivity index (χ1n) is 5.18. The Bertz CT molecular complexity index is 490. The highest BCUT2D eigenvalue weighted by molar-refractivity contribution is 7.10. The van der Waals surface area contributed by atoms with Crippen molar-refractivity contribution in [2.24, 2.45) is 5.73 Å². The van der Waals surface area contributed by atoms with Crippen molar-refractivity contribution in [2.45, 2.75) is 13.5 Å². The van der Waals surface area contributed by atoms with Crippen LogP contribution in [-0.4, -0.2) is 7.11 Å². The van der Waals surface area contributed by atoms with Gasteiger partial charge >= 0.3 is 0 Å². The second-order valence-electron chi connectivity index (χ2n) is 3.60. The van der Waals surface area contributed by atoms with Gasteiger partial charge in [0, 0.05) is 22.5 Å². The molecule has 1 aromatic carbocycles. The lowest BCUT2D eigenvalue weighted by molar-refractivity contribution is 0.416. The Morgan fingerprint density at radius 2 is 2.06 bits per heavy atom. The van der Waals surface area contributed by atoms with Gasteiger partial charge in [0.1, 0.15) is 5.75 Å². The van der Waals surface area contributed by atoms with E-state index in [-0.39, 0.29) is 0 Å². The Kier molecular flexibility index (Phi) is 3.27. The number of para-hydroxylation sites is 1. The fourth-order valence-electron chi connectivity index (χ4n) is 1.87. The van der Waals surface area contributed by atoms with Crippen LogP contribution in [0.2, 0.25) is 0 Å². The van der Waals surface area contributed by atoms with E-state index in [2.05, 4.69) is 18.4 Å². The zero-order valence-electron chi connectivity index (χ0n) is 9.49. The highest BCUT2D eigenvalue weighted by Gasteiger charge is 2.13. The van der Waals surface area contributed by atoms with Crippen LogP contribution in [-0.2, 0) is 6.54 Å². The summed E-state index contributed by atoms with van der Waals surface area (Å²) in [6, 6.07) is 8.06. The van der Waals surface area contributed by atoms with Crippen LogP contribution in [0.25, 0.3) is 11.1 Å². The summed E-state index contributed by atoms with van der Waals surface area (Å²) in [4.78, 5) is 1.28. The van der Waals surface area contributed by atoms with E-state index in [1.165, 1.54) is 16.0 Å². The Morgan fingerprint density at radius 3 is 2.75 bits per heavy atom. The van der Waals surface area contributed by atoms with E-state index in [0.29, 0.717) is 6.54 Å². The minimum atomic E-state index is 0.567. The third-order valence-electron chi connectivity index (χ3n) is 2.65. The van der Waals surface area contributed by atoms with Gasteiger partial charge in [-0.1, -0.05) is 18.2 Å². The molecule has 2 aromatic rings. The van der Waals surface area contributed by atoms with Gasteiger partial charge in [-0.05, 0) is 23.9 Å². The first-order valence-corrected chi connectivity index (χ1v) is 6.06. The Balaban J connectivity index is 2.61. The normalized spacial score (nSPS) is 10.4. The van der Waals surface area contributed by atoms with Crippen molar-refractivity contribution in [2.75, 3.05) is 7.11 Å². The summed E-state index contributed by atoms with van der Waals surface area (Å²) in [7, 11) is 1.70. The number of hydrogen-bond acceptors (Lipinski definition) is 3. The molecule has 0 spiro atoms. The molecule has 0 fully saturated rings. The predicted molar refractivity (Wildman–Crippen MR) is 68.9 cm³/mol. The SMILES string of the molecule is COc1ccccc1-c1c(CN)csc1C. The maximum atomic E-state index is 5.76. The fraction of sp³-hybridized carbons (Fsp3) is 0.231. The molecule has 0 saturated carbocycles. The van der Waals surface area contributed by atoms with Gasteiger partial charge in [0.2, 0.25) is 0 Å². The minimum absolute atomic E-state index is 0.567. The fourth-order valence-corrected chi connectivity index (χ4v) is 2.76. The van der Waals surface area contributed by atoms with E-state index < -0.39 is 0 Å². The topological polar surface area (TPSA) is 35.2 Å². The molecule has 3 heteroatoms. The van der Waals surface area contributed by atoms with Gasteiger partial charge < -0.3 is 10.5 Å². The minimum Gasteiger partial charge on any atom is -0.496 e. The zero-order valence-corrected chi connectivity index (χ0v) is 10.3. The zero-order chi connectivity index (χ0) is 11.5. The molecule has 2 nitrogen and oxygen atoms in total. The molecule has 0 aliphatic rings. The highest BCUT2D eigenvalue weighted by atomic mass is 32.1. The maximum absolute atomic E-state index is 5.76. The van der Waals surface area contributed by atoms with Gasteiger partial charge in [-0.25, -0.2) is 0 Å². The summed E-state index contributed by atoms with van der Waals surface area (Å²) in [5.41, 5.74) is 9.30. The first-order chi connectivity index (χ1) is 7.77. The van der Waals surface area contributed by atoms with Crippen LogP contribution in [0.4, 0.5) is 0 Å². The van der Waals surface area contributed by atoms with Crippen LogP contribution < -0.4 is 10.5 Å². The van der Waals surface area contributed by atoms with E-state index in [1.54, 1.807) is 18.4 Å². The van der Waals surface area contributed by atoms with Gasteiger partial charge in [0.15, 0.2) is 0 Å². The van der Waals surface area contributed by atoms with E-state index in [0.717, 1.165) is 11.3 Å². The summed E-state index contributed by atoms with van der Waals surface area (Å²) in [5, 5.41) is 2.12. The average Bonchev–Trinajstić information content (AvgIpc) is 2.70. The molecule has 0 atom stereocenters. The summed E-state index contributed by atoms with van der Waals surface area (Å²) >= 11 is 1.73. The first kappa shape index (κ1) is 11.2. The molecule has 0 saturated heterocycles. The molecule has 0 bridgehead atoms. The molecule has 2 N–H and O–H groups in total. The van der Waals surface area contributed by atoms with Crippen molar-refractivity contribution >= 4 is 11.3 Å². The van der Waals surface area contributed by atoms with Crippen LogP contribution in [0.3, 0.4) is 0 Å². The molecule has 84 valence electrons. The Hall–Kier alpha value is -1.32. The molecule has 1 aromatic heterocycles. The van der Waals surface area contributed by atoms with Crippen LogP contribution in [0.15, 0.2) is 29.6 Å². The second kappa shape index (κ2) is 4.68. The molecule has 16 heavy (non-hydrogen) atoms. The van der Waals surface area contributed by atoms with Crippen LogP contribution in [0.1, 0.15) is 10.4 Å². The summed E-state index contributed by atoms with van der Waals surface area (Å²) in [6.45, 7) is 2.68. The third-order valence-corrected chi connectivity index (χ3v) is 3.61. The average molecular weight is 233 g/mol. The number of hydrogen-bond donors (Lipinski definition) is 1. The van der Waals surface area contributed by atoms with E-state index >= 15 is 0 Å². The Labute approximate surface area is 99.7 Å². The van der Waals surface area contributed by atoms with Gasteiger partial charge in [0.25, 0.3) is 0 Å². The molecule has 0 unspecified atom stereocenters. The van der Waals surface area contributed by atoms with Crippen molar-refractivity contribution in [3.05, 3.63) is 40.1 Å². The van der Waals surface area contributed by atoms with E-state index in [4.69, 9.17) is 10.5 Å². The molecule has 2 rings (SSSR count). The van der Waals surface area contributed by atoms with Gasteiger partial charge in [0.05, 0.1) is 7.11 Å². The lowest BCUT2D eigenvalue weighted by atomic mass is 10.0. The Morgan fingerprint density at radius 1 is 1.31 bits per heavy atom. The van der Waals surface area contributed by atoms with Crippen molar-refractivity contribution in [1.82, 2.24) is 0 Å². The lowest BCUT2D eigenvalue weighted by Crippen LogP contribution is -1.97. The van der Waals surface area contributed by atoms with Crippen molar-refractivity contribution in [3.8, 4) is 16.9 Å². The quantitative estimate of drug-likeness (QED) is 0.883. The van der Waals surface area contributed by atoms with Crippen molar-refractivity contribution in [3.63, 3.8) is 0 Å². The number of benzene rings is 1. The van der Waals surface area contributed by atoms with Crippen molar-refractivity contribution in [1.29, 1.82) is 0 Å². The van der Waals surface area contributed by atoms with Gasteiger partial charge in [-0.2, -0.15) is 0 Å². The second-order valence-corrected chi connectivity index (χ2v) is 4.68. The van der Waals surface area contributed by atoms with Crippen LogP contribution in [0.5, 0.6) is 5.75 Å². The van der Waals surface area contributed by atoms with Crippen LogP contribution in [0, 0.1) is 6.92 Å². The standard InChI is InChI=1S/C13H15NOS/c1-9-13(10(7-14)8-16-9)11-5-3-4-6-12(11)15-2/h3-6,8H,7,14H2,1-2H3. The molecule has 0 aliphatic heterocycles. The largest absolute Gasteiger partial charge is 0.496 e. The lowest BCUT2D eigenvalue weighted by Gasteiger charge is -2.09. The van der Waals surface area contributed by atoms with Gasteiger partial charge in [-0.3, -0.25) is 0 Å². The monoisotopic (exact) mass is 233 g/mol. The van der Waals surface area contributed by atoms with Crippen molar-refractivity contribution < 1.29 is 4.74 Å². The highest BCUT2D eigenvalue weighted by Crippen LogP contribution is 2.37. The van der Waals surface area contributed by atoms with E-state index in [1.807, 2.05) is 18.2 Å². The third kappa shape index (κ3) is 1.84. The smallest absolute Gasteiger partial charge is 0.126 e. The number of methoxy groups -OCH3 is 1. The maximum Gasteiger partial charge on any atom is 0.126 e. The summed E-state index contributed by atoms with van der Waals surface area (Å²) in [5.74, 6) is 0.902. The van der Waals surface area contributed by atoms with E-state index in [9.17, 15) is 0 Å². The predicted octanol–water partition coefficient (Wildman–Crippen LogP) is 3.19. The number of nitrogens with two attached hydrogens (primary N) is 1. The molecular weight excluding hydrogens is 218 g/mol. The van der Waals surface area contributed by atoms with Gasteiger partial charge in [-0.15, -0.1) is 11.3 Å². The number of ether oxygens (including phenoxy) is 1.